The number of carbonyl (C=O) groups excluding carboxylic acids is 1. The standard InChI is InChI=1S/C33H34FN5O3S/c1-36-16-18-38(19-17-36)33-27(24-26-4-2-3-5-31(26)35-33)8-15-32(40)25-6-11-29(12-7-25)37-20-22-39(23-21-37)43(41,42)30-13-9-28(34)10-14-30/h2-15,24H,16-23H2,1H3/b15-8+. The molecule has 0 spiro atoms. The van der Waals surface area contributed by atoms with Crippen LogP contribution in [0.3, 0.4) is 0 Å². The number of hydrogen-bond acceptors (Lipinski definition) is 7. The van der Waals surface area contributed by atoms with E-state index in [2.05, 4.69) is 27.8 Å². The number of para-hydroxylation sites is 1. The average molecular weight is 600 g/mol. The summed E-state index contributed by atoms with van der Waals surface area (Å²) in [5, 5.41) is 1.03. The van der Waals surface area contributed by atoms with Crippen molar-refractivity contribution >= 4 is 44.3 Å². The van der Waals surface area contributed by atoms with E-state index in [1.54, 1.807) is 6.08 Å². The molecule has 0 aliphatic carbocycles. The Bertz CT molecular complexity index is 1740. The van der Waals surface area contributed by atoms with Crippen LogP contribution in [-0.4, -0.2) is 87.8 Å². The summed E-state index contributed by atoms with van der Waals surface area (Å²) in [5.41, 5.74) is 3.36. The van der Waals surface area contributed by atoms with Crippen molar-refractivity contribution < 1.29 is 17.6 Å². The number of hydrogen-bond donors (Lipinski definition) is 0. The van der Waals surface area contributed by atoms with E-state index in [1.165, 1.54) is 16.4 Å². The predicted octanol–water partition coefficient (Wildman–Crippen LogP) is 4.53. The van der Waals surface area contributed by atoms with Crippen molar-refractivity contribution in [2.45, 2.75) is 4.90 Å². The predicted molar refractivity (Wildman–Crippen MR) is 169 cm³/mol. The van der Waals surface area contributed by atoms with E-state index < -0.39 is 15.8 Å². The Balaban J connectivity index is 1.13. The van der Waals surface area contributed by atoms with E-state index in [-0.39, 0.29) is 10.7 Å². The molecule has 0 atom stereocenters. The van der Waals surface area contributed by atoms with Gasteiger partial charge in [-0.3, -0.25) is 4.79 Å². The topological polar surface area (TPSA) is 77.1 Å². The fraction of sp³-hybridized carbons (Fsp3) is 0.273. The maximum Gasteiger partial charge on any atom is 0.243 e. The van der Waals surface area contributed by atoms with E-state index >= 15 is 0 Å². The minimum Gasteiger partial charge on any atom is -0.369 e. The smallest absolute Gasteiger partial charge is 0.243 e. The molecule has 222 valence electrons. The normalized spacial score (nSPS) is 17.2. The third-order valence-corrected chi connectivity index (χ3v) is 10.1. The zero-order valence-electron chi connectivity index (χ0n) is 24.1. The molecule has 0 amide bonds. The lowest BCUT2D eigenvalue weighted by Crippen LogP contribution is -2.48. The number of likely N-dealkylation sites (N-methyl/N-ethyl adjacent to an activating group) is 1. The molecule has 2 aliphatic heterocycles. The molecular weight excluding hydrogens is 565 g/mol. The number of aromatic nitrogens is 1. The quantitative estimate of drug-likeness (QED) is 0.228. The molecular formula is C33H34FN5O3S. The Kier molecular flexibility index (Phi) is 8.25. The first-order valence-electron chi connectivity index (χ1n) is 14.4. The Morgan fingerprint density at radius 3 is 2.16 bits per heavy atom. The van der Waals surface area contributed by atoms with Crippen molar-refractivity contribution in [3.63, 3.8) is 0 Å². The molecule has 43 heavy (non-hydrogen) atoms. The first-order chi connectivity index (χ1) is 20.8. The summed E-state index contributed by atoms with van der Waals surface area (Å²) in [6, 6.07) is 22.5. The fourth-order valence-electron chi connectivity index (χ4n) is 5.56. The maximum absolute atomic E-state index is 13.3. The molecule has 3 heterocycles. The molecule has 0 unspecified atom stereocenters. The molecule has 1 aromatic heterocycles. The highest BCUT2D eigenvalue weighted by atomic mass is 32.2. The maximum atomic E-state index is 13.3. The van der Waals surface area contributed by atoms with Crippen LogP contribution < -0.4 is 9.80 Å². The summed E-state index contributed by atoms with van der Waals surface area (Å²) in [6.45, 7) is 5.34. The largest absolute Gasteiger partial charge is 0.369 e. The second-order valence-electron chi connectivity index (χ2n) is 11.0. The lowest BCUT2D eigenvalue weighted by molar-refractivity contribution is 0.104. The summed E-state index contributed by atoms with van der Waals surface area (Å²) in [5.74, 6) is 0.327. The molecule has 2 saturated heterocycles. The number of sulfonamides is 1. The number of piperazine rings is 2. The number of ketones is 1. The van der Waals surface area contributed by atoms with Crippen LogP contribution in [0.4, 0.5) is 15.9 Å². The van der Waals surface area contributed by atoms with Gasteiger partial charge < -0.3 is 14.7 Å². The number of fused-ring (bicyclic) bond motifs is 1. The summed E-state index contributed by atoms with van der Waals surface area (Å²) in [4.78, 5) is 24.9. The van der Waals surface area contributed by atoms with Crippen molar-refractivity contribution in [2.75, 3.05) is 69.2 Å². The van der Waals surface area contributed by atoms with Gasteiger partial charge in [0.1, 0.15) is 11.6 Å². The fourth-order valence-corrected chi connectivity index (χ4v) is 6.98. The Labute approximate surface area is 251 Å². The minimum absolute atomic E-state index is 0.0911. The van der Waals surface area contributed by atoms with Gasteiger partial charge in [0.05, 0.1) is 10.4 Å². The number of carbonyl (C=O) groups is 1. The minimum atomic E-state index is -3.68. The molecule has 0 N–H and O–H groups in total. The van der Waals surface area contributed by atoms with Crippen molar-refractivity contribution in [3.05, 3.63) is 102 Å². The van der Waals surface area contributed by atoms with Crippen LogP contribution in [-0.2, 0) is 10.0 Å². The van der Waals surface area contributed by atoms with Gasteiger partial charge in [0.2, 0.25) is 10.0 Å². The van der Waals surface area contributed by atoms with Crippen LogP contribution in [0.1, 0.15) is 15.9 Å². The Hall–Kier alpha value is -4.12. The van der Waals surface area contributed by atoms with Crippen LogP contribution >= 0.6 is 0 Å². The summed E-state index contributed by atoms with van der Waals surface area (Å²) in [6.07, 6.45) is 3.48. The zero-order valence-corrected chi connectivity index (χ0v) is 24.9. The molecule has 2 aliphatic rings. The van der Waals surface area contributed by atoms with Gasteiger partial charge in [-0.05, 0) is 79.9 Å². The van der Waals surface area contributed by atoms with Gasteiger partial charge in [-0.25, -0.2) is 17.8 Å². The molecule has 6 rings (SSSR count). The number of anilines is 2. The second-order valence-corrected chi connectivity index (χ2v) is 12.9. The highest BCUT2D eigenvalue weighted by Gasteiger charge is 2.28. The number of allylic oxidation sites excluding steroid dienone is 1. The van der Waals surface area contributed by atoms with Crippen molar-refractivity contribution in [2.24, 2.45) is 0 Å². The van der Waals surface area contributed by atoms with E-state index in [1.807, 2.05) is 54.6 Å². The van der Waals surface area contributed by atoms with Gasteiger partial charge in [0.15, 0.2) is 5.78 Å². The first kappa shape index (κ1) is 29.0. The SMILES string of the molecule is CN1CCN(c2nc3ccccc3cc2/C=C/C(=O)c2ccc(N3CCN(S(=O)(=O)c4ccc(F)cc4)CC3)cc2)CC1. The highest BCUT2D eigenvalue weighted by Crippen LogP contribution is 2.27. The molecule has 8 nitrogen and oxygen atoms in total. The van der Waals surface area contributed by atoms with Gasteiger partial charge in [-0.15, -0.1) is 0 Å². The van der Waals surface area contributed by atoms with Crippen molar-refractivity contribution in [1.82, 2.24) is 14.2 Å². The molecule has 2 fully saturated rings. The monoisotopic (exact) mass is 599 g/mol. The van der Waals surface area contributed by atoms with E-state index in [4.69, 9.17) is 4.98 Å². The lowest BCUT2D eigenvalue weighted by atomic mass is 10.1. The van der Waals surface area contributed by atoms with Crippen LogP contribution in [0.5, 0.6) is 0 Å². The zero-order chi connectivity index (χ0) is 30.0. The summed E-state index contributed by atoms with van der Waals surface area (Å²) < 4.78 is 40.6. The first-order valence-corrected chi connectivity index (χ1v) is 15.9. The second kappa shape index (κ2) is 12.2. The molecule has 0 bridgehead atoms. The van der Waals surface area contributed by atoms with Crippen molar-refractivity contribution in [1.29, 1.82) is 0 Å². The number of rotatable bonds is 7. The Morgan fingerprint density at radius 2 is 1.47 bits per heavy atom. The molecule has 10 heteroatoms. The van der Waals surface area contributed by atoms with Gasteiger partial charge in [0.25, 0.3) is 0 Å². The number of nitrogens with zero attached hydrogens (tertiary/aromatic N) is 5. The molecule has 4 aromatic rings. The number of benzene rings is 3. The highest BCUT2D eigenvalue weighted by molar-refractivity contribution is 7.89. The van der Waals surface area contributed by atoms with Crippen molar-refractivity contribution in [3.8, 4) is 0 Å². The van der Waals surface area contributed by atoms with E-state index in [0.29, 0.717) is 31.7 Å². The van der Waals surface area contributed by atoms with Crippen LogP contribution in [0.25, 0.3) is 17.0 Å². The van der Waals surface area contributed by atoms with Gasteiger partial charge in [-0.2, -0.15) is 4.31 Å². The molecule has 0 radical (unpaired) electrons. The van der Waals surface area contributed by atoms with Gasteiger partial charge in [0, 0.05) is 74.6 Å². The van der Waals surface area contributed by atoms with Gasteiger partial charge in [-0.1, -0.05) is 18.2 Å². The third kappa shape index (κ3) is 6.31. The van der Waals surface area contributed by atoms with Gasteiger partial charge >= 0.3 is 0 Å². The van der Waals surface area contributed by atoms with E-state index in [0.717, 1.165) is 66.3 Å². The third-order valence-electron chi connectivity index (χ3n) is 8.16. The molecule has 3 aromatic carbocycles. The van der Waals surface area contributed by atoms with Crippen LogP contribution in [0.2, 0.25) is 0 Å². The van der Waals surface area contributed by atoms with Crippen LogP contribution in [0.15, 0.2) is 89.8 Å². The lowest BCUT2D eigenvalue weighted by Gasteiger charge is -2.35. The summed E-state index contributed by atoms with van der Waals surface area (Å²) in [7, 11) is -1.56. The molecule has 0 saturated carbocycles. The van der Waals surface area contributed by atoms with E-state index in [9.17, 15) is 17.6 Å². The Morgan fingerprint density at radius 1 is 0.814 bits per heavy atom. The number of halogens is 1. The average Bonchev–Trinajstić information content (AvgIpc) is 3.04. The van der Waals surface area contributed by atoms with Crippen LogP contribution in [0, 0.1) is 5.82 Å². The number of pyridine rings is 1. The summed E-state index contributed by atoms with van der Waals surface area (Å²) >= 11 is 0.